The number of benzene rings is 2. The standard InChI is InChI=1S/C21H18ClFN4O4/c1-11-24-19(31-26-11)7-14-9-29-17-6-13(23)3-4-15(17)27(14)8-12-2-5-16-21(20(12)22)25-18(28)10-30-16/h2-6,14H,7-10H2,1H3,(H,25,28). The zero-order valence-electron chi connectivity index (χ0n) is 16.5. The number of carbonyl (C=O) groups excluding carboxylic acids is 1. The van der Waals surface area contributed by atoms with Gasteiger partial charge in [-0.05, 0) is 30.7 Å². The molecule has 0 radical (unpaired) electrons. The van der Waals surface area contributed by atoms with Crippen molar-refractivity contribution in [1.29, 1.82) is 0 Å². The number of halogens is 2. The van der Waals surface area contributed by atoms with E-state index in [-0.39, 0.29) is 24.4 Å². The molecule has 0 spiro atoms. The number of hydrogen-bond donors (Lipinski definition) is 1. The van der Waals surface area contributed by atoms with Crippen molar-refractivity contribution < 1.29 is 23.2 Å². The zero-order valence-corrected chi connectivity index (χ0v) is 17.3. The minimum Gasteiger partial charge on any atom is -0.489 e. The molecule has 3 heterocycles. The minimum atomic E-state index is -0.378. The molecule has 1 unspecified atom stereocenters. The molecule has 0 saturated carbocycles. The molecule has 160 valence electrons. The summed E-state index contributed by atoms with van der Waals surface area (Å²) in [6, 6.07) is 7.89. The lowest BCUT2D eigenvalue weighted by atomic mass is 10.1. The molecule has 8 nitrogen and oxygen atoms in total. The monoisotopic (exact) mass is 444 g/mol. The predicted octanol–water partition coefficient (Wildman–Crippen LogP) is 3.51. The van der Waals surface area contributed by atoms with E-state index in [0.717, 1.165) is 11.3 Å². The highest BCUT2D eigenvalue weighted by molar-refractivity contribution is 6.35. The first-order valence-corrected chi connectivity index (χ1v) is 10.1. The molecule has 2 aliphatic heterocycles. The Morgan fingerprint density at radius 1 is 1.26 bits per heavy atom. The van der Waals surface area contributed by atoms with Crippen LogP contribution in [-0.2, 0) is 17.8 Å². The first-order chi connectivity index (χ1) is 15.0. The quantitative estimate of drug-likeness (QED) is 0.658. The number of nitrogens with one attached hydrogen (secondary N) is 1. The number of aryl methyl sites for hydroxylation is 1. The Bertz CT molecular complexity index is 1170. The Kier molecular flexibility index (Phi) is 4.90. The highest BCUT2D eigenvalue weighted by atomic mass is 35.5. The van der Waals surface area contributed by atoms with E-state index in [2.05, 4.69) is 20.4 Å². The average molecular weight is 445 g/mol. The highest BCUT2D eigenvalue weighted by Crippen LogP contribution is 2.41. The lowest BCUT2D eigenvalue weighted by Crippen LogP contribution is -2.44. The van der Waals surface area contributed by atoms with E-state index < -0.39 is 0 Å². The van der Waals surface area contributed by atoms with Crippen molar-refractivity contribution in [2.24, 2.45) is 0 Å². The molecule has 2 aromatic carbocycles. The van der Waals surface area contributed by atoms with Gasteiger partial charge in [-0.15, -0.1) is 0 Å². The van der Waals surface area contributed by atoms with Gasteiger partial charge in [-0.25, -0.2) is 4.39 Å². The van der Waals surface area contributed by atoms with Crippen LogP contribution in [0.15, 0.2) is 34.9 Å². The molecule has 0 aliphatic carbocycles. The third kappa shape index (κ3) is 3.76. The van der Waals surface area contributed by atoms with E-state index in [0.29, 0.717) is 53.5 Å². The summed E-state index contributed by atoms with van der Waals surface area (Å²) in [6.45, 7) is 2.41. The van der Waals surface area contributed by atoms with Crippen molar-refractivity contribution in [3.8, 4) is 11.5 Å². The Balaban J connectivity index is 1.50. The van der Waals surface area contributed by atoms with E-state index >= 15 is 0 Å². The maximum Gasteiger partial charge on any atom is 0.262 e. The van der Waals surface area contributed by atoms with Gasteiger partial charge in [0.25, 0.3) is 5.91 Å². The molecule has 0 bridgehead atoms. The highest BCUT2D eigenvalue weighted by Gasteiger charge is 2.31. The van der Waals surface area contributed by atoms with Crippen molar-refractivity contribution in [1.82, 2.24) is 10.1 Å². The second-order valence-electron chi connectivity index (χ2n) is 7.39. The fourth-order valence-electron chi connectivity index (χ4n) is 3.78. The van der Waals surface area contributed by atoms with E-state index in [1.807, 2.05) is 6.07 Å². The lowest BCUT2D eigenvalue weighted by molar-refractivity contribution is -0.118. The van der Waals surface area contributed by atoms with Crippen molar-refractivity contribution in [2.45, 2.75) is 25.9 Å². The van der Waals surface area contributed by atoms with Gasteiger partial charge < -0.3 is 24.2 Å². The van der Waals surface area contributed by atoms with Crippen LogP contribution in [0.3, 0.4) is 0 Å². The molecule has 0 fully saturated rings. The molecule has 1 atom stereocenters. The van der Waals surface area contributed by atoms with E-state index in [9.17, 15) is 9.18 Å². The Morgan fingerprint density at radius 3 is 2.94 bits per heavy atom. The molecule has 1 amide bonds. The van der Waals surface area contributed by atoms with Gasteiger partial charge in [0.2, 0.25) is 5.89 Å². The summed E-state index contributed by atoms with van der Waals surface area (Å²) in [7, 11) is 0. The number of rotatable bonds is 4. The number of amides is 1. The first-order valence-electron chi connectivity index (χ1n) is 9.70. The minimum absolute atomic E-state index is 0.0449. The Hall–Kier alpha value is -3.33. The summed E-state index contributed by atoms with van der Waals surface area (Å²) >= 11 is 6.62. The number of ether oxygens (including phenoxy) is 2. The number of carbonyl (C=O) groups is 1. The molecule has 2 aliphatic rings. The Morgan fingerprint density at radius 2 is 2.13 bits per heavy atom. The first kappa shape index (κ1) is 19.6. The fraction of sp³-hybridized carbons (Fsp3) is 0.286. The molecule has 3 aromatic rings. The van der Waals surface area contributed by atoms with Gasteiger partial charge >= 0.3 is 0 Å². The van der Waals surface area contributed by atoms with Gasteiger partial charge in [0.15, 0.2) is 12.4 Å². The number of hydrogen-bond acceptors (Lipinski definition) is 7. The van der Waals surface area contributed by atoms with E-state index in [1.165, 1.54) is 12.1 Å². The lowest BCUT2D eigenvalue weighted by Gasteiger charge is -2.38. The van der Waals surface area contributed by atoms with Crippen LogP contribution in [0.2, 0.25) is 5.02 Å². The van der Waals surface area contributed by atoms with Crippen LogP contribution in [0.5, 0.6) is 11.5 Å². The fourth-order valence-corrected chi connectivity index (χ4v) is 4.05. The third-order valence-corrected chi connectivity index (χ3v) is 5.66. The summed E-state index contributed by atoms with van der Waals surface area (Å²) < 4.78 is 30.3. The number of nitrogens with zero attached hydrogens (tertiary/aromatic N) is 3. The van der Waals surface area contributed by atoms with Crippen LogP contribution in [0, 0.1) is 12.7 Å². The molecule has 1 N–H and O–H groups in total. The van der Waals surface area contributed by atoms with Crippen LogP contribution in [0.25, 0.3) is 0 Å². The van der Waals surface area contributed by atoms with Crippen LogP contribution in [0.1, 0.15) is 17.3 Å². The largest absolute Gasteiger partial charge is 0.489 e. The van der Waals surface area contributed by atoms with Crippen LogP contribution in [-0.4, -0.2) is 35.3 Å². The maximum absolute atomic E-state index is 13.8. The van der Waals surface area contributed by atoms with Gasteiger partial charge in [-0.1, -0.05) is 22.8 Å². The smallest absolute Gasteiger partial charge is 0.262 e. The molecule has 10 heteroatoms. The molecular weight excluding hydrogens is 427 g/mol. The number of anilines is 2. The van der Waals surface area contributed by atoms with Crippen molar-refractivity contribution in [2.75, 3.05) is 23.4 Å². The van der Waals surface area contributed by atoms with Gasteiger partial charge in [0.1, 0.15) is 29.6 Å². The summed E-state index contributed by atoms with van der Waals surface area (Å²) in [5, 5.41) is 7.01. The van der Waals surface area contributed by atoms with Crippen molar-refractivity contribution in [3.63, 3.8) is 0 Å². The normalized spacial score (nSPS) is 17.3. The van der Waals surface area contributed by atoms with Gasteiger partial charge in [-0.2, -0.15) is 4.98 Å². The molecule has 1 aromatic heterocycles. The summed E-state index contributed by atoms with van der Waals surface area (Å²) in [5.74, 6) is 1.37. The number of aromatic nitrogens is 2. The maximum atomic E-state index is 13.8. The van der Waals surface area contributed by atoms with Crippen molar-refractivity contribution >= 4 is 28.9 Å². The molecule has 31 heavy (non-hydrogen) atoms. The van der Waals surface area contributed by atoms with Crippen LogP contribution >= 0.6 is 11.6 Å². The zero-order chi connectivity index (χ0) is 21.5. The van der Waals surface area contributed by atoms with Crippen LogP contribution in [0.4, 0.5) is 15.8 Å². The second kappa shape index (κ2) is 7.73. The average Bonchev–Trinajstić information content (AvgIpc) is 3.16. The molecule has 0 saturated heterocycles. The van der Waals surface area contributed by atoms with Crippen molar-refractivity contribution in [3.05, 3.63) is 58.5 Å². The topological polar surface area (TPSA) is 89.7 Å². The van der Waals surface area contributed by atoms with E-state index in [1.54, 1.807) is 19.1 Å². The summed E-state index contributed by atoms with van der Waals surface area (Å²) in [6.07, 6.45) is 0.445. The van der Waals surface area contributed by atoms with Gasteiger partial charge in [0, 0.05) is 12.6 Å². The van der Waals surface area contributed by atoms with E-state index in [4.69, 9.17) is 25.6 Å². The number of fused-ring (bicyclic) bond motifs is 2. The summed E-state index contributed by atoms with van der Waals surface area (Å²) in [4.78, 5) is 18.1. The SMILES string of the molecule is Cc1noc(CC2COc3cc(F)ccc3N2Cc2ccc3c(c2Cl)NC(=O)CO3)n1. The van der Waals surface area contributed by atoms with Gasteiger partial charge in [-0.3, -0.25) is 4.79 Å². The Labute approximate surface area is 181 Å². The molecule has 5 rings (SSSR count). The second-order valence-corrected chi connectivity index (χ2v) is 7.77. The summed E-state index contributed by atoms with van der Waals surface area (Å²) in [5.41, 5.74) is 1.95. The van der Waals surface area contributed by atoms with Crippen LogP contribution < -0.4 is 19.7 Å². The van der Waals surface area contributed by atoms with Gasteiger partial charge in [0.05, 0.1) is 23.2 Å². The molecular formula is C21H18ClFN4O4. The predicted molar refractivity (Wildman–Crippen MR) is 110 cm³/mol. The third-order valence-electron chi connectivity index (χ3n) is 5.23.